The van der Waals surface area contributed by atoms with Gasteiger partial charge in [0.25, 0.3) is 0 Å². The first-order valence-corrected chi connectivity index (χ1v) is 16.3. The second-order valence-electron chi connectivity index (χ2n) is 11.8. The third kappa shape index (κ3) is 3.77. The van der Waals surface area contributed by atoms with Crippen LogP contribution >= 0.6 is 11.3 Å². The van der Waals surface area contributed by atoms with Crippen LogP contribution in [0.1, 0.15) is 0 Å². The van der Waals surface area contributed by atoms with E-state index in [-0.39, 0.29) is 0 Å². The summed E-state index contributed by atoms with van der Waals surface area (Å²) in [6.07, 6.45) is 0. The molecule has 3 aromatic heterocycles. The smallest absolute Gasteiger partial charge is 0.137 e. The third-order valence-corrected chi connectivity index (χ3v) is 10.3. The first kappa shape index (κ1) is 25.5. The van der Waals surface area contributed by atoms with E-state index in [0.717, 1.165) is 44.7 Å². The Labute approximate surface area is 268 Å². The maximum absolute atomic E-state index is 6.38. The van der Waals surface area contributed by atoms with Crippen molar-refractivity contribution in [3.63, 3.8) is 0 Å². The number of hydrogen-bond acceptors (Lipinski definition) is 3. The first-order chi connectivity index (χ1) is 22.8. The lowest BCUT2D eigenvalue weighted by atomic mass is 10.1. The molecule has 10 rings (SSSR count). The molecule has 0 aliphatic carbocycles. The van der Waals surface area contributed by atoms with E-state index in [4.69, 9.17) is 4.42 Å². The summed E-state index contributed by atoms with van der Waals surface area (Å²) >= 11 is 1.85. The van der Waals surface area contributed by atoms with Crippen LogP contribution in [0.2, 0.25) is 0 Å². The van der Waals surface area contributed by atoms with Crippen LogP contribution in [0.5, 0.6) is 0 Å². The van der Waals surface area contributed by atoms with Crippen LogP contribution in [-0.4, -0.2) is 4.57 Å². The normalized spacial score (nSPS) is 11.9. The highest BCUT2D eigenvalue weighted by atomic mass is 32.1. The van der Waals surface area contributed by atoms with E-state index in [0.29, 0.717) is 0 Å². The number of furan rings is 1. The van der Waals surface area contributed by atoms with E-state index in [1.807, 2.05) is 23.5 Å². The highest BCUT2D eigenvalue weighted by Crippen LogP contribution is 2.44. The Bertz CT molecular complexity index is 2770. The Morgan fingerprint density at radius 1 is 0.413 bits per heavy atom. The van der Waals surface area contributed by atoms with Crippen molar-refractivity contribution in [2.45, 2.75) is 0 Å². The van der Waals surface area contributed by atoms with Crippen molar-refractivity contribution in [1.29, 1.82) is 0 Å². The van der Waals surface area contributed by atoms with Crippen molar-refractivity contribution in [1.82, 2.24) is 4.57 Å². The molecule has 7 aromatic carbocycles. The minimum absolute atomic E-state index is 0.882. The van der Waals surface area contributed by atoms with E-state index in [1.54, 1.807) is 0 Å². The molecule has 3 heterocycles. The van der Waals surface area contributed by atoms with Gasteiger partial charge in [0.2, 0.25) is 0 Å². The van der Waals surface area contributed by atoms with E-state index in [1.165, 1.54) is 42.0 Å². The van der Waals surface area contributed by atoms with E-state index >= 15 is 0 Å². The fourth-order valence-corrected chi connectivity index (χ4v) is 8.20. The van der Waals surface area contributed by atoms with Crippen LogP contribution in [-0.2, 0) is 0 Å². The molecule has 0 N–H and O–H groups in total. The maximum atomic E-state index is 6.38. The van der Waals surface area contributed by atoms with Gasteiger partial charge in [0.15, 0.2) is 0 Å². The molecule has 0 aliphatic heterocycles. The quantitative estimate of drug-likeness (QED) is 0.199. The Balaban J connectivity index is 1.24. The molecule has 0 atom stereocenters. The highest BCUT2D eigenvalue weighted by Gasteiger charge is 2.19. The lowest BCUT2D eigenvalue weighted by molar-refractivity contribution is 0.669. The molecule has 46 heavy (non-hydrogen) atoms. The molecule has 4 heteroatoms. The number of anilines is 3. The molecule has 10 aromatic rings. The van der Waals surface area contributed by atoms with Crippen LogP contribution in [0.4, 0.5) is 17.1 Å². The average molecular weight is 607 g/mol. The second kappa shape index (κ2) is 9.83. The van der Waals surface area contributed by atoms with Gasteiger partial charge in [0.05, 0.1) is 11.0 Å². The maximum Gasteiger partial charge on any atom is 0.137 e. The van der Waals surface area contributed by atoms with E-state index in [2.05, 4.69) is 155 Å². The summed E-state index contributed by atoms with van der Waals surface area (Å²) in [5.41, 5.74) is 8.58. The molecular formula is C42H26N2OS. The van der Waals surface area contributed by atoms with Crippen LogP contribution in [0.25, 0.3) is 69.6 Å². The van der Waals surface area contributed by atoms with Gasteiger partial charge >= 0.3 is 0 Å². The molecular weight excluding hydrogens is 581 g/mol. The monoisotopic (exact) mass is 606 g/mol. The van der Waals surface area contributed by atoms with E-state index < -0.39 is 0 Å². The molecule has 0 saturated heterocycles. The van der Waals surface area contributed by atoms with E-state index in [9.17, 15) is 0 Å². The number of benzene rings is 7. The van der Waals surface area contributed by atoms with Gasteiger partial charge in [-0.15, -0.1) is 11.3 Å². The Morgan fingerprint density at radius 2 is 1.02 bits per heavy atom. The summed E-state index contributed by atoms with van der Waals surface area (Å²) in [5.74, 6) is 0. The van der Waals surface area contributed by atoms with Crippen LogP contribution in [0.15, 0.2) is 162 Å². The summed E-state index contributed by atoms with van der Waals surface area (Å²) in [7, 11) is 0. The summed E-state index contributed by atoms with van der Waals surface area (Å²) in [5, 5.41) is 7.27. The van der Waals surface area contributed by atoms with Crippen molar-refractivity contribution in [3.05, 3.63) is 158 Å². The second-order valence-corrected chi connectivity index (χ2v) is 12.9. The average Bonchev–Trinajstić information content (AvgIpc) is 3.78. The zero-order chi connectivity index (χ0) is 30.2. The summed E-state index contributed by atoms with van der Waals surface area (Å²) < 4.78 is 11.3. The molecule has 0 bridgehead atoms. The fraction of sp³-hybridized carbons (Fsp3) is 0. The molecule has 0 saturated carbocycles. The van der Waals surface area contributed by atoms with Crippen LogP contribution < -0.4 is 4.90 Å². The lowest BCUT2D eigenvalue weighted by Gasteiger charge is -2.26. The number of rotatable bonds is 4. The SMILES string of the molecule is c1ccc(-n2c3ccccc3c3cc(N(c4ccc5c(c4)oc4ccccc45)c4ccc5sc6ccccc6c5c4)ccc32)cc1. The van der Waals surface area contributed by atoms with Crippen molar-refractivity contribution in [2.24, 2.45) is 0 Å². The Kier molecular flexibility index (Phi) is 5.45. The number of para-hydroxylation sites is 3. The van der Waals surface area contributed by atoms with Crippen LogP contribution in [0.3, 0.4) is 0 Å². The predicted molar refractivity (Wildman–Crippen MR) is 196 cm³/mol. The molecule has 3 nitrogen and oxygen atoms in total. The molecule has 0 spiro atoms. The Hall–Kier alpha value is -5.84. The van der Waals surface area contributed by atoms with Crippen molar-refractivity contribution >= 4 is 92.3 Å². The molecule has 0 aliphatic rings. The highest BCUT2D eigenvalue weighted by molar-refractivity contribution is 7.25. The number of hydrogen-bond donors (Lipinski definition) is 0. The first-order valence-electron chi connectivity index (χ1n) is 15.5. The van der Waals surface area contributed by atoms with Crippen molar-refractivity contribution in [2.75, 3.05) is 4.90 Å². The minimum atomic E-state index is 0.882. The minimum Gasteiger partial charge on any atom is -0.456 e. The number of aromatic nitrogens is 1. The summed E-state index contributed by atoms with van der Waals surface area (Å²) in [4.78, 5) is 2.37. The standard InChI is InChI=1S/C42H26N2OS/c1-2-10-27(11-3-1)44-37-15-7-4-12-31(37)35-24-28(19-22-38(35)44)43(29-20-23-42-36(25-29)34-14-6-9-17-41(34)46-42)30-18-21-33-32-13-5-8-16-39(32)45-40(33)26-30/h1-26H. The number of nitrogens with zero attached hydrogens (tertiary/aromatic N) is 2. The van der Waals surface area contributed by atoms with Gasteiger partial charge in [-0.05, 0) is 78.9 Å². The number of thiophene rings is 1. The molecule has 216 valence electrons. The topological polar surface area (TPSA) is 21.3 Å². The van der Waals surface area contributed by atoms with Gasteiger partial charge in [-0.3, -0.25) is 0 Å². The van der Waals surface area contributed by atoms with Gasteiger partial charge in [-0.25, -0.2) is 0 Å². The zero-order valence-corrected chi connectivity index (χ0v) is 25.5. The zero-order valence-electron chi connectivity index (χ0n) is 24.7. The summed E-state index contributed by atoms with van der Waals surface area (Å²) in [6, 6.07) is 56.6. The predicted octanol–water partition coefficient (Wildman–Crippen LogP) is 12.5. The van der Waals surface area contributed by atoms with Gasteiger partial charge in [0.1, 0.15) is 11.2 Å². The molecule has 0 radical (unpaired) electrons. The number of fused-ring (bicyclic) bond motifs is 9. The molecule has 0 unspecified atom stereocenters. The molecule has 0 amide bonds. The Morgan fingerprint density at radius 3 is 1.91 bits per heavy atom. The van der Waals surface area contributed by atoms with Gasteiger partial charge in [-0.2, -0.15) is 0 Å². The van der Waals surface area contributed by atoms with Gasteiger partial charge < -0.3 is 13.9 Å². The van der Waals surface area contributed by atoms with Crippen molar-refractivity contribution < 1.29 is 4.42 Å². The molecule has 0 fully saturated rings. The van der Waals surface area contributed by atoms with Gasteiger partial charge in [0, 0.05) is 70.5 Å². The van der Waals surface area contributed by atoms with Gasteiger partial charge in [-0.1, -0.05) is 72.8 Å². The largest absolute Gasteiger partial charge is 0.456 e. The lowest BCUT2D eigenvalue weighted by Crippen LogP contribution is -2.09. The summed E-state index contributed by atoms with van der Waals surface area (Å²) in [6.45, 7) is 0. The van der Waals surface area contributed by atoms with Crippen molar-refractivity contribution in [3.8, 4) is 5.69 Å². The van der Waals surface area contributed by atoms with Crippen LogP contribution in [0, 0.1) is 0 Å². The third-order valence-electron chi connectivity index (χ3n) is 9.17. The fourth-order valence-electron chi connectivity index (χ4n) is 7.11.